The molecule has 0 aliphatic rings. The molecule has 0 fully saturated rings. The molecule has 0 radical (unpaired) electrons. The molecule has 0 aliphatic heterocycles. The molecular formula is C19H18F3N3O. The lowest BCUT2D eigenvalue weighted by Gasteiger charge is -2.22. The quantitative estimate of drug-likeness (QED) is 0.873. The first kappa shape index (κ1) is 19.3. The molecule has 2 aromatic carbocycles. The van der Waals surface area contributed by atoms with Crippen LogP contribution in [0.4, 0.5) is 18.0 Å². The Labute approximate surface area is 149 Å². The minimum atomic E-state index is -4.38. The van der Waals surface area contributed by atoms with Gasteiger partial charge in [-0.3, -0.25) is 0 Å². The lowest BCUT2D eigenvalue weighted by molar-refractivity contribution is -0.137. The molecular weight excluding hydrogens is 343 g/mol. The average molecular weight is 361 g/mol. The van der Waals surface area contributed by atoms with Crippen LogP contribution in [-0.2, 0) is 12.7 Å². The fourth-order valence-corrected chi connectivity index (χ4v) is 2.37. The molecule has 0 aliphatic carbocycles. The summed E-state index contributed by atoms with van der Waals surface area (Å²) in [4.78, 5) is 13.7. The van der Waals surface area contributed by atoms with Gasteiger partial charge in [0.25, 0.3) is 0 Å². The van der Waals surface area contributed by atoms with Gasteiger partial charge < -0.3 is 10.2 Å². The molecule has 0 heterocycles. The first-order valence-electron chi connectivity index (χ1n) is 7.88. The third-order valence-electron chi connectivity index (χ3n) is 3.93. The second-order valence-corrected chi connectivity index (χ2v) is 5.96. The SMILES string of the molecule is CC(NC(=O)N(C)Cc1ccc(C(F)(F)F)cc1)c1ccc(C#N)cc1. The summed E-state index contributed by atoms with van der Waals surface area (Å²) in [6, 6.07) is 13.0. The molecule has 0 bridgehead atoms. The predicted octanol–water partition coefficient (Wildman–Crippen LogP) is 4.48. The van der Waals surface area contributed by atoms with Crippen molar-refractivity contribution in [3.8, 4) is 6.07 Å². The highest BCUT2D eigenvalue weighted by molar-refractivity contribution is 5.74. The van der Waals surface area contributed by atoms with Gasteiger partial charge in [0.2, 0.25) is 0 Å². The van der Waals surface area contributed by atoms with E-state index in [0.29, 0.717) is 11.1 Å². The Morgan fingerprint density at radius 1 is 1.15 bits per heavy atom. The van der Waals surface area contributed by atoms with E-state index in [4.69, 9.17) is 5.26 Å². The van der Waals surface area contributed by atoms with Crippen LogP contribution in [0.25, 0.3) is 0 Å². The maximum Gasteiger partial charge on any atom is 0.416 e. The molecule has 0 saturated carbocycles. The van der Waals surface area contributed by atoms with E-state index in [1.54, 1.807) is 31.3 Å². The van der Waals surface area contributed by atoms with E-state index in [9.17, 15) is 18.0 Å². The highest BCUT2D eigenvalue weighted by Crippen LogP contribution is 2.29. The van der Waals surface area contributed by atoms with Crippen molar-refractivity contribution in [2.24, 2.45) is 0 Å². The van der Waals surface area contributed by atoms with E-state index < -0.39 is 11.7 Å². The molecule has 2 rings (SSSR count). The van der Waals surface area contributed by atoms with Gasteiger partial charge in [-0.05, 0) is 42.3 Å². The zero-order valence-corrected chi connectivity index (χ0v) is 14.3. The fourth-order valence-electron chi connectivity index (χ4n) is 2.37. The Morgan fingerprint density at radius 3 is 2.23 bits per heavy atom. The summed E-state index contributed by atoms with van der Waals surface area (Å²) in [5.41, 5.74) is 1.26. The zero-order valence-electron chi connectivity index (χ0n) is 14.3. The van der Waals surface area contributed by atoms with Gasteiger partial charge in [0.1, 0.15) is 0 Å². The van der Waals surface area contributed by atoms with Crippen molar-refractivity contribution < 1.29 is 18.0 Å². The van der Waals surface area contributed by atoms with Crippen molar-refractivity contribution in [2.75, 3.05) is 7.05 Å². The summed E-state index contributed by atoms with van der Waals surface area (Å²) in [5, 5.41) is 11.6. The Morgan fingerprint density at radius 2 is 1.73 bits per heavy atom. The number of amides is 2. The van der Waals surface area contributed by atoms with Crippen molar-refractivity contribution in [1.82, 2.24) is 10.2 Å². The smallest absolute Gasteiger partial charge is 0.331 e. The highest BCUT2D eigenvalue weighted by Gasteiger charge is 2.30. The maximum atomic E-state index is 12.6. The monoisotopic (exact) mass is 361 g/mol. The Balaban J connectivity index is 1.95. The van der Waals surface area contributed by atoms with Gasteiger partial charge in [-0.2, -0.15) is 18.4 Å². The van der Waals surface area contributed by atoms with Gasteiger partial charge in [-0.25, -0.2) is 4.79 Å². The lowest BCUT2D eigenvalue weighted by Crippen LogP contribution is -2.38. The van der Waals surface area contributed by atoms with Gasteiger partial charge in [-0.1, -0.05) is 24.3 Å². The van der Waals surface area contributed by atoms with Crippen LogP contribution >= 0.6 is 0 Å². The van der Waals surface area contributed by atoms with Gasteiger partial charge in [-0.15, -0.1) is 0 Å². The average Bonchev–Trinajstić information content (AvgIpc) is 2.61. The number of rotatable bonds is 4. The standard InChI is InChI=1S/C19H18F3N3O/c1-13(16-7-3-14(11-23)4-8-16)24-18(26)25(2)12-15-5-9-17(10-6-15)19(20,21)22/h3-10,13H,12H2,1-2H3,(H,24,26). The Hall–Kier alpha value is -3.01. The number of urea groups is 1. The minimum absolute atomic E-state index is 0.185. The fraction of sp³-hybridized carbons (Fsp3) is 0.263. The summed E-state index contributed by atoms with van der Waals surface area (Å²) < 4.78 is 37.7. The number of hydrogen-bond donors (Lipinski definition) is 1. The van der Waals surface area contributed by atoms with Crippen molar-refractivity contribution in [2.45, 2.75) is 25.7 Å². The number of nitrogens with one attached hydrogen (secondary N) is 1. The molecule has 2 aromatic rings. The van der Waals surface area contributed by atoms with E-state index in [2.05, 4.69) is 5.32 Å². The normalized spacial score (nSPS) is 12.2. The van der Waals surface area contributed by atoms with Crippen molar-refractivity contribution in [3.05, 3.63) is 70.8 Å². The number of carbonyl (C=O) groups excluding carboxylic acids is 1. The molecule has 136 valence electrons. The maximum absolute atomic E-state index is 12.6. The van der Waals surface area contributed by atoms with E-state index >= 15 is 0 Å². The molecule has 4 nitrogen and oxygen atoms in total. The van der Waals surface area contributed by atoms with E-state index in [-0.39, 0.29) is 18.6 Å². The molecule has 26 heavy (non-hydrogen) atoms. The molecule has 1 N–H and O–H groups in total. The lowest BCUT2D eigenvalue weighted by atomic mass is 10.1. The van der Waals surface area contributed by atoms with Crippen LogP contribution in [0.2, 0.25) is 0 Å². The van der Waals surface area contributed by atoms with Crippen LogP contribution in [-0.4, -0.2) is 18.0 Å². The highest BCUT2D eigenvalue weighted by atomic mass is 19.4. The van der Waals surface area contributed by atoms with Crippen LogP contribution in [0.15, 0.2) is 48.5 Å². The first-order chi connectivity index (χ1) is 12.2. The minimum Gasteiger partial charge on any atom is -0.331 e. The molecule has 0 aromatic heterocycles. The van der Waals surface area contributed by atoms with Crippen molar-refractivity contribution >= 4 is 6.03 Å². The third kappa shape index (κ3) is 4.99. The van der Waals surface area contributed by atoms with Crippen molar-refractivity contribution in [3.63, 3.8) is 0 Å². The summed E-state index contributed by atoms with van der Waals surface area (Å²) in [6.45, 7) is 2.00. The zero-order chi connectivity index (χ0) is 19.3. The van der Waals surface area contributed by atoms with Crippen LogP contribution in [0.3, 0.4) is 0 Å². The Kier molecular flexibility index (Phi) is 5.88. The molecule has 2 amide bonds. The Bertz CT molecular complexity index is 793. The number of carbonyl (C=O) groups is 1. The molecule has 0 saturated heterocycles. The van der Waals surface area contributed by atoms with Gasteiger partial charge in [0.15, 0.2) is 0 Å². The van der Waals surface area contributed by atoms with Crippen LogP contribution in [0, 0.1) is 11.3 Å². The van der Waals surface area contributed by atoms with E-state index in [1.807, 2.05) is 13.0 Å². The van der Waals surface area contributed by atoms with Gasteiger partial charge in [0.05, 0.1) is 23.2 Å². The number of benzene rings is 2. The van der Waals surface area contributed by atoms with Crippen LogP contribution in [0.5, 0.6) is 0 Å². The third-order valence-corrected chi connectivity index (χ3v) is 3.93. The predicted molar refractivity (Wildman–Crippen MR) is 91.0 cm³/mol. The second kappa shape index (κ2) is 7.91. The molecule has 0 spiro atoms. The molecule has 7 heteroatoms. The molecule has 1 atom stereocenters. The van der Waals surface area contributed by atoms with E-state index in [0.717, 1.165) is 17.7 Å². The molecule has 1 unspecified atom stereocenters. The second-order valence-electron chi connectivity index (χ2n) is 5.96. The first-order valence-corrected chi connectivity index (χ1v) is 7.88. The summed E-state index contributed by atoms with van der Waals surface area (Å²) in [7, 11) is 1.57. The summed E-state index contributed by atoms with van der Waals surface area (Å²) in [5.74, 6) is 0. The summed E-state index contributed by atoms with van der Waals surface area (Å²) in [6.07, 6.45) is -4.38. The van der Waals surface area contributed by atoms with Gasteiger partial charge in [0, 0.05) is 13.6 Å². The van der Waals surface area contributed by atoms with Crippen LogP contribution < -0.4 is 5.32 Å². The van der Waals surface area contributed by atoms with Gasteiger partial charge >= 0.3 is 12.2 Å². The number of halogens is 3. The topological polar surface area (TPSA) is 56.1 Å². The number of alkyl halides is 3. The van der Waals surface area contributed by atoms with Crippen molar-refractivity contribution in [1.29, 1.82) is 5.26 Å². The number of nitrogens with zero attached hydrogens (tertiary/aromatic N) is 2. The summed E-state index contributed by atoms with van der Waals surface area (Å²) >= 11 is 0. The number of hydrogen-bond acceptors (Lipinski definition) is 2. The van der Waals surface area contributed by atoms with E-state index in [1.165, 1.54) is 17.0 Å². The van der Waals surface area contributed by atoms with Crippen LogP contribution in [0.1, 0.15) is 35.2 Å². The number of nitriles is 1. The largest absolute Gasteiger partial charge is 0.416 e.